The van der Waals surface area contributed by atoms with Gasteiger partial charge in [-0.2, -0.15) is 0 Å². The number of hydrogen-bond acceptors (Lipinski definition) is 15. The maximum absolute atomic E-state index is 9.37. The van der Waals surface area contributed by atoms with Crippen molar-refractivity contribution in [1.29, 1.82) is 0 Å². The summed E-state index contributed by atoms with van der Waals surface area (Å²) >= 11 is -3.11. The van der Waals surface area contributed by atoms with Gasteiger partial charge in [0.15, 0.2) is 0 Å². The third-order valence-corrected chi connectivity index (χ3v) is 1.75. The minimum atomic E-state index is -5.31. The van der Waals surface area contributed by atoms with E-state index in [1.807, 2.05) is 0 Å². The van der Waals surface area contributed by atoms with Gasteiger partial charge in [-0.25, -0.2) is 16.8 Å². The predicted molar refractivity (Wildman–Crippen MR) is 50.2 cm³/mol. The Kier molecular flexibility index (Phi) is 97.3. The summed E-state index contributed by atoms with van der Waals surface area (Å²) in [4.78, 5) is 0. The molecule has 0 spiro atoms. The molecule has 0 saturated carbocycles. The van der Waals surface area contributed by atoms with E-state index in [9.17, 15) is 25.9 Å². The van der Waals surface area contributed by atoms with Crippen molar-refractivity contribution < 1.29 is 361 Å². The second-order valence-corrected chi connectivity index (χ2v) is 6.33. The molecule has 0 aliphatic heterocycles. The number of rotatable bonds is 4. The van der Waals surface area contributed by atoms with E-state index in [0.29, 0.717) is 0 Å². The van der Waals surface area contributed by atoms with Crippen LogP contribution in [0.5, 0.6) is 0 Å². The third kappa shape index (κ3) is 94.7. The fraction of sp³-hybridized carbons (Fsp3) is 0. The van der Waals surface area contributed by atoms with Gasteiger partial charge in [-0.15, -0.1) is 20.0 Å². The van der Waals surface area contributed by atoms with Crippen molar-refractivity contribution in [2.75, 3.05) is 0 Å². The van der Waals surface area contributed by atoms with E-state index in [1.165, 1.54) is 0 Å². The molecule has 128 valence electrons. The maximum Gasteiger partial charge on any atom is 1.00 e. The molecule has 0 N–H and O–H groups in total. The van der Waals surface area contributed by atoms with Gasteiger partial charge < -0.3 is 28.7 Å². The summed E-state index contributed by atoms with van der Waals surface area (Å²) < 4.78 is 123. The van der Waals surface area contributed by atoms with Crippen LogP contribution in [-0.4, -0.2) is 56.8 Å². The maximum atomic E-state index is 9.37. The van der Waals surface area contributed by atoms with Crippen molar-refractivity contribution in [1.82, 2.24) is 0 Å². The molecule has 0 amide bonds. The second kappa shape index (κ2) is 40.1. The molecule has 0 radical (unpaired) electrons. The van der Waals surface area contributed by atoms with E-state index in [0.717, 1.165) is 0 Å². The fourth-order valence-corrected chi connectivity index (χ4v) is 0.612. The normalized spacial score (nSPS) is 10.6. The molecule has 0 rings (SSSR count). The van der Waals surface area contributed by atoms with Crippen molar-refractivity contribution >= 4 is 52.4 Å². The van der Waals surface area contributed by atoms with Crippen LogP contribution in [0.4, 0.5) is 0 Å². The Labute approximate surface area is 400 Å². The zero-order chi connectivity index (χ0) is 17.1. The Hall–Kier alpha value is 9.58. The Balaban J connectivity index is -0.0000000161. The van der Waals surface area contributed by atoms with Crippen LogP contribution in [0.15, 0.2) is 0 Å². The van der Waals surface area contributed by atoms with Crippen LogP contribution in [0.1, 0.15) is 1.43 Å². The van der Waals surface area contributed by atoms with Gasteiger partial charge in [0.2, 0.25) is 20.8 Å². The molecule has 0 saturated heterocycles. The van der Waals surface area contributed by atoms with Crippen LogP contribution < -0.4 is 294 Å². The summed E-state index contributed by atoms with van der Waals surface area (Å²) in [6.45, 7) is 0. The van der Waals surface area contributed by atoms with Crippen LogP contribution in [0.2, 0.25) is 0 Å². The van der Waals surface area contributed by atoms with Crippen molar-refractivity contribution in [2.24, 2.45) is 0 Å². The smallest absolute Gasteiger partial charge is 1.00 e. The minimum absolute atomic E-state index is 0. The molecule has 0 bridgehead atoms. The van der Waals surface area contributed by atoms with Gasteiger partial charge in [0, 0.05) is 20.2 Å². The Morgan fingerprint density at radius 1 is 0.593 bits per heavy atom. The van der Waals surface area contributed by atoms with E-state index < -0.39 is 52.4 Å². The first-order chi connectivity index (χ1) is 8.58. The largest absolute Gasteiger partial charge is 1.00 e. The second-order valence-electron chi connectivity index (χ2n) is 1.56. The SMILES string of the molecule is O=S(=O)([O-])OOS(=O)(=O)[O-].O=S([O-])S(=O)[O-].O=S([O-])[O-].[H-].[K+].[K+].[K+].[K+].[Na+].[Na+].[Na+]. The van der Waals surface area contributed by atoms with Crippen LogP contribution in [0.3, 0.4) is 0 Å². The quantitative estimate of drug-likeness (QED) is 0.0532. The average Bonchev–Trinajstić information content (AvgIpc) is 2.12. The van der Waals surface area contributed by atoms with Gasteiger partial charge in [0.05, 0.1) is 0 Å². The Morgan fingerprint density at radius 2 is 0.704 bits per heavy atom. The summed E-state index contributed by atoms with van der Waals surface area (Å²) in [6.07, 6.45) is 0. The molecule has 2 unspecified atom stereocenters. The van der Waals surface area contributed by atoms with Crippen molar-refractivity contribution in [3.8, 4) is 0 Å². The topological polar surface area (TPSA) is 276 Å². The van der Waals surface area contributed by atoms with Crippen molar-refractivity contribution in [3.63, 3.8) is 0 Å². The van der Waals surface area contributed by atoms with Gasteiger partial charge in [-0.1, -0.05) is 0 Å². The molecular weight excluding hydrogens is 626 g/mol. The van der Waals surface area contributed by atoms with Crippen LogP contribution in [0.25, 0.3) is 0 Å². The van der Waals surface area contributed by atoms with E-state index in [2.05, 4.69) is 8.67 Å². The van der Waals surface area contributed by atoms with Gasteiger partial charge in [0.25, 0.3) is 0 Å². The van der Waals surface area contributed by atoms with E-state index >= 15 is 0 Å². The van der Waals surface area contributed by atoms with E-state index in [1.54, 1.807) is 0 Å². The van der Waals surface area contributed by atoms with E-state index in [-0.39, 0.29) is 296 Å². The van der Waals surface area contributed by atoms with Crippen molar-refractivity contribution in [3.05, 3.63) is 0 Å². The Morgan fingerprint density at radius 3 is 0.741 bits per heavy atom. The van der Waals surface area contributed by atoms with Gasteiger partial charge in [-0.3, -0.25) is 12.6 Å². The molecule has 15 nitrogen and oxygen atoms in total. The summed E-state index contributed by atoms with van der Waals surface area (Å²) in [5.74, 6) is 0. The molecule has 0 aliphatic carbocycles. The molecule has 0 aliphatic rings. The molecular formula is HK4Na3O15S5. The summed E-state index contributed by atoms with van der Waals surface area (Å²) in [7, 11) is -16.5. The Bertz CT molecular complexity index is 504. The summed E-state index contributed by atoms with van der Waals surface area (Å²) in [5, 5.41) is 0. The third-order valence-electron chi connectivity index (χ3n) is 0.306. The standard InChI is InChI=1S/4K.3Na.H2O8S2.H2O4S2.H2O3S.H/c;;;;;;;1-9(2,3)7-8-10(4,5)6;1-5(2)6(3)4;1-4(2)3;/h;;;;;;;(H,1,2,3)(H,4,5,6);(H,1,2)(H,3,4);(H2,1,2,3);/q7*+1;;;;-1/p-6. The summed E-state index contributed by atoms with van der Waals surface area (Å²) in [6, 6.07) is 0. The molecule has 2 atom stereocenters. The van der Waals surface area contributed by atoms with Gasteiger partial charge in [0.1, 0.15) is 0 Å². The molecule has 0 heterocycles. The molecule has 27 heavy (non-hydrogen) atoms. The predicted octanol–water partition coefficient (Wildman–Crippen LogP) is -25.3. The minimum Gasteiger partial charge on any atom is -1.00 e. The van der Waals surface area contributed by atoms with Gasteiger partial charge >= 0.3 is 294 Å². The summed E-state index contributed by atoms with van der Waals surface area (Å²) in [5.41, 5.74) is 0. The molecule has 0 aromatic rings. The van der Waals surface area contributed by atoms with Crippen LogP contribution >= 0.6 is 0 Å². The molecule has 27 heteroatoms. The van der Waals surface area contributed by atoms with Crippen LogP contribution in [-0.2, 0) is 61.1 Å². The number of hydrogen-bond donors (Lipinski definition) is 0. The average molecular weight is 627 g/mol. The van der Waals surface area contributed by atoms with Crippen molar-refractivity contribution in [2.45, 2.75) is 0 Å². The zero-order valence-electron chi connectivity index (χ0n) is 16.2. The first kappa shape index (κ1) is 65.5. The van der Waals surface area contributed by atoms with Gasteiger partial charge in [-0.05, 0) is 0 Å². The first-order valence-corrected chi connectivity index (χ1v) is 9.17. The molecule has 0 fully saturated rings. The fourth-order valence-electron chi connectivity index (χ4n) is 0.0680. The van der Waals surface area contributed by atoms with Crippen LogP contribution in [0, 0.1) is 0 Å². The first-order valence-electron chi connectivity index (χ1n) is 2.83. The molecule has 0 aromatic carbocycles. The van der Waals surface area contributed by atoms with E-state index in [4.69, 9.17) is 30.8 Å². The zero-order valence-corrected chi connectivity index (χ0v) is 37.7. The molecule has 0 aromatic heterocycles. The monoisotopic (exact) mass is 626 g/mol.